The molecule has 0 saturated heterocycles. The van der Waals surface area contributed by atoms with Gasteiger partial charge < -0.3 is 0 Å². The van der Waals surface area contributed by atoms with Gasteiger partial charge in [-0.05, 0) is 49.1 Å². The minimum absolute atomic E-state index is 0.267. The molecule has 3 nitrogen and oxygen atoms in total. The fourth-order valence-corrected chi connectivity index (χ4v) is 4.26. The molecule has 27 heavy (non-hydrogen) atoms. The highest BCUT2D eigenvalue weighted by Crippen LogP contribution is 2.42. The van der Waals surface area contributed by atoms with E-state index in [1.54, 1.807) is 12.1 Å². The zero-order chi connectivity index (χ0) is 18.9. The minimum Gasteiger partial charge on any atom is -0.279 e. The highest BCUT2D eigenvalue weighted by Gasteiger charge is 2.23. The Hall–Kier alpha value is -2.85. The number of benzene rings is 3. The van der Waals surface area contributed by atoms with E-state index in [2.05, 4.69) is 16.9 Å². The summed E-state index contributed by atoms with van der Waals surface area (Å²) >= 11 is 0. The maximum absolute atomic E-state index is 12.9. The number of nitrogens with one attached hydrogen (secondary N) is 1. The van der Waals surface area contributed by atoms with Gasteiger partial charge in [0.05, 0.1) is 10.6 Å². The largest absolute Gasteiger partial charge is 0.279 e. The number of rotatable bonds is 5. The van der Waals surface area contributed by atoms with Crippen LogP contribution < -0.4 is 4.72 Å². The van der Waals surface area contributed by atoms with Crippen LogP contribution in [0.15, 0.2) is 89.3 Å². The zero-order valence-electron chi connectivity index (χ0n) is 15.1. The highest BCUT2D eigenvalue weighted by atomic mass is 32.2. The van der Waals surface area contributed by atoms with Crippen molar-refractivity contribution in [2.45, 2.75) is 24.7 Å². The first-order chi connectivity index (χ1) is 13.0. The topological polar surface area (TPSA) is 46.2 Å². The van der Waals surface area contributed by atoms with Gasteiger partial charge in [0.1, 0.15) is 0 Å². The number of aryl methyl sites for hydroxylation is 1. The van der Waals surface area contributed by atoms with E-state index in [-0.39, 0.29) is 4.90 Å². The quantitative estimate of drug-likeness (QED) is 0.650. The van der Waals surface area contributed by atoms with Crippen LogP contribution in [-0.2, 0) is 10.0 Å². The Morgan fingerprint density at radius 3 is 2.11 bits per heavy atom. The van der Waals surface area contributed by atoms with Crippen LogP contribution in [0.2, 0.25) is 0 Å². The summed E-state index contributed by atoms with van der Waals surface area (Å²) in [5.74, 6) is 0. The van der Waals surface area contributed by atoms with Crippen molar-refractivity contribution in [3.8, 4) is 0 Å². The van der Waals surface area contributed by atoms with Crippen molar-refractivity contribution in [3.63, 3.8) is 0 Å². The van der Waals surface area contributed by atoms with Crippen molar-refractivity contribution < 1.29 is 8.42 Å². The van der Waals surface area contributed by atoms with E-state index in [9.17, 15) is 8.42 Å². The maximum Gasteiger partial charge on any atom is 0.261 e. The molecular weight excluding hydrogens is 354 g/mol. The summed E-state index contributed by atoms with van der Waals surface area (Å²) < 4.78 is 28.6. The van der Waals surface area contributed by atoms with Crippen molar-refractivity contribution in [3.05, 3.63) is 101 Å². The molecule has 0 heterocycles. The highest BCUT2D eigenvalue weighted by molar-refractivity contribution is 7.92. The predicted molar refractivity (Wildman–Crippen MR) is 110 cm³/mol. The van der Waals surface area contributed by atoms with Crippen LogP contribution in [0.25, 0.3) is 5.57 Å². The Kier molecular flexibility index (Phi) is 4.58. The van der Waals surface area contributed by atoms with Crippen LogP contribution >= 0.6 is 0 Å². The van der Waals surface area contributed by atoms with Gasteiger partial charge in [-0.15, -0.1) is 0 Å². The second-order valence-electron chi connectivity index (χ2n) is 6.81. The van der Waals surface area contributed by atoms with Gasteiger partial charge in [0.25, 0.3) is 10.0 Å². The molecule has 1 aliphatic rings. The standard InChI is InChI=1S/C23H21NO2S/c1-17-11-15-20(16-12-17)27(25,26)24-22-10-6-5-9-21(22)23(19-13-14-19)18-7-3-2-4-8-18/h2-12,15-16,24H,13-14H2,1H3. The summed E-state index contributed by atoms with van der Waals surface area (Å²) in [6, 6.07) is 24.7. The zero-order valence-corrected chi connectivity index (χ0v) is 16.0. The van der Waals surface area contributed by atoms with Gasteiger partial charge in [-0.25, -0.2) is 8.42 Å². The summed E-state index contributed by atoms with van der Waals surface area (Å²) in [6.07, 6.45) is 2.12. The Labute approximate surface area is 160 Å². The average molecular weight is 375 g/mol. The molecule has 3 aromatic carbocycles. The van der Waals surface area contributed by atoms with Crippen molar-refractivity contribution >= 4 is 21.3 Å². The lowest BCUT2D eigenvalue weighted by atomic mass is 9.95. The Morgan fingerprint density at radius 2 is 1.44 bits per heavy atom. The third kappa shape index (κ3) is 3.81. The SMILES string of the molecule is Cc1ccc(S(=O)(=O)Nc2ccccc2C(=C2CC2)c2ccccc2)cc1. The lowest BCUT2D eigenvalue weighted by Gasteiger charge is -2.16. The first-order valence-corrected chi connectivity index (χ1v) is 10.5. The molecule has 1 fully saturated rings. The predicted octanol–water partition coefficient (Wildman–Crippen LogP) is 5.39. The maximum atomic E-state index is 12.9. The molecule has 0 bridgehead atoms. The number of sulfonamides is 1. The van der Waals surface area contributed by atoms with Gasteiger partial charge >= 0.3 is 0 Å². The molecule has 0 atom stereocenters. The van der Waals surface area contributed by atoms with Crippen LogP contribution in [-0.4, -0.2) is 8.42 Å². The van der Waals surface area contributed by atoms with Gasteiger partial charge in [0.15, 0.2) is 0 Å². The van der Waals surface area contributed by atoms with E-state index in [1.165, 1.54) is 5.57 Å². The van der Waals surface area contributed by atoms with Crippen LogP contribution in [0.4, 0.5) is 5.69 Å². The van der Waals surface area contributed by atoms with E-state index in [4.69, 9.17) is 0 Å². The summed E-state index contributed by atoms with van der Waals surface area (Å²) in [7, 11) is -3.65. The van der Waals surface area contributed by atoms with Crippen molar-refractivity contribution in [2.24, 2.45) is 0 Å². The number of anilines is 1. The Bertz CT molecular complexity index is 1090. The molecule has 4 rings (SSSR count). The van der Waals surface area contributed by atoms with Crippen molar-refractivity contribution in [2.75, 3.05) is 4.72 Å². The molecule has 0 aliphatic heterocycles. The summed E-state index contributed by atoms with van der Waals surface area (Å²) in [5.41, 5.74) is 6.18. The van der Waals surface area contributed by atoms with E-state index < -0.39 is 10.0 Å². The number of hydrogen-bond acceptors (Lipinski definition) is 2. The Morgan fingerprint density at radius 1 is 0.815 bits per heavy atom. The second kappa shape index (κ2) is 7.05. The molecule has 1 N–H and O–H groups in total. The Balaban J connectivity index is 1.76. The van der Waals surface area contributed by atoms with E-state index in [0.29, 0.717) is 5.69 Å². The smallest absolute Gasteiger partial charge is 0.261 e. The van der Waals surface area contributed by atoms with Crippen LogP contribution in [0.5, 0.6) is 0 Å². The molecule has 1 saturated carbocycles. The summed E-state index contributed by atoms with van der Waals surface area (Å²) in [6.45, 7) is 1.94. The monoisotopic (exact) mass is 375 g/mol. The number of allylic oxidation sites excluding steroid dienone is 1. The third-order valence-corrected chi connectivity index (χ3v) is 6.07. The molecule has 136 valence electrons. The van der Waals surface area contributed by atoms with Gasteiger partial charge in [-0.1, -0.05) is 71.8 Å². The van der Waals surface area contributed by atoms with Gasteiger partial charge in [0, 0.05) is 5.56 Å². The second-order valence-corrected chi connectivity index (χ2v) is 8.49. The molecule has 0 unspecified atom stereocenters. The molecule has 0 aromatic heterocycles. The van der Waals surface area contributed by atoms with Gasteiger partial charge in [-0.3, -0.25) is 4.72 Å². The van der Waals surface area contributed by atoms with E-state index in [1.807, 2.05) is 61.5 Å². The molecule has 0 amide bonds. The lowest BCUT2D eigenvalue weighted by Crippen LogP contribution is -2.14. The average Bonchev–Trinajstić information content (AvgIpc) is 3.49. The summed E-state index contributed by atoms with van der Waals surface area (Å²) in [4.78, 5) is 0.267. The first-order valence-electron chi connectivity index (χ1n) is 9.01. The van der Waals surface area contributed by atoms with Crippen LogP contribution in [0.1, 0.15) is 29.5 Å². The van der Waals surface area contributed by atoms with Crippen LogP contribution in [0.3, 0.4) is 0 Å². The minimum atomic E-state index is -3.65. The number of para-hydroxylation sites is 1. The molecule has 0 radical (unpaired) electrons. The van der Waals surface area contributed by atoms with E-state index in [0.717, 1.165) is 35.1 Å². The fraction of sp³-hybridized carbons (Fsp3) is 0.130. The van der Waals surface area contributed by atoms with Crippen molar-refractivity contribution in [1.29, 1.82) is 0 Å². The normalized spacial score (nSPS) is 13.3. The molecule has 3 aromatic rings. The third-order valence-electron chi connectivity index (χ3n) is 4.69. The lowest BCUT2D eigenvalue weighted by molar-refractivity contribution is 0.601. The fourth-order valence-electron chi connectivity index (χ4n) is 3.18. The number of hydrogen-bond donors (Lipinski definition) is 1. The molecule has 4 heteroatoms. The molecule has 1 aliphatic carbocycles. The van der Waals surface area contributed by atoms with E-state index >= 15 is 0 Å². The van der Waals surface area contributed by atoms with Crippen molar-refractivity contribution in [1.82, 2.24) is 0 Å². The van der Waals surface area contributed by atoms with Gasteiger partial charge in [0.2, 0.25) is 0 Å². The molecule has 0 spiro atoms. The van der Waals surface area contributed by atoms with Crippen LogP contribution in [0, 0.1) is 6.92 Å². The summed E-state index contributed by atoms with van der Waals surface area (Å²) in [5, 5.41) is 0. The van der Waals surface area contributed by atoms with Gasteiger partial charge in [-0.2, -0.15) is 0 Å². The molecular formula is C23H21NO2S. The first kappa shape index (κ1) is 17.6.